The minimum atomic E-state index is -1.18. The minimum Gasteiger partial charge on any atom is -0.455 e. The SMILES string of the molecule is Cc1ccc(S(=O)Cc2ccc(C(=O)NC3CCC(C)CC3)o2)cc1. The van der Waals surface area contributed by atoms with Crippen molar-refractivity contribution in [3.05, 3.63) is 53.5 Å². The molecule has 1 amide bonds. The average molecular weight is 359 g/mol. The highest BCUT2D eigenvalue weighted by Crippen LogP contribution is 2.24. The van der Waals surface area contributed by atoms with Crippen molar-refractivity contribution in [1.82, 2.24) is 5.32 Å². The topological polar surface area (TPSA) is 59.3 Å². The van der Waals surface area contributed by atoms with E-state index >= 15 is 0 Å². The van der Waals surface area contributed by atoms with Crippen LogP contribution in [0, 0.1) is 12.8 Å². The van der Waals surface area contributed by atoms with Crippen LogP contribution in [0.1, 0.15) is 54.5 Å². The van der Waals surface area contributed by atoms with Crippen LogP contribution in [-0.2, 0) is 16.6 Å². The lowest BCUT2D eigenvalue weighted by molar-refractivity contribution is 0.0893. The largest absolute Gasteiger partial charge is 0.455 e. The zero-order valence-corrected chi connectivity index (χ0v) is 15.6. The van der Waals surface area contributed by atoms with Crippen LogP contribution in [0.4, 0.5) is 0 Å². The van der Waals surface area contributed by atoms with Crippen LogP contribution < -0.4 is 5.32 Å². The number of amides is 1. The van der Waals surface area contributed by atoms with E-state index in [9.17, 15) is 9.00 Å². The molecule has 0 saturated heterocycles. The fourth-order valence-electron chi connectivity index (χ4n) is 3.14. The van der Waals surface area contributed by atoms with Crippen LogP contribution in [0.2, 0.25) is 0 Å². The van der Waals surface area contributed by atoms with Crippen molar-refractivity contribution >= 4 is 16.7 Å². The van der Waals surface area contributed by atoms with Gasteiger partial charge in [0.2, 0.25) is 0 Å². The Bertz CT molecular complexity index is 743. The van der Waals surface area contributed by atoms with E-state index in [0.717, 1.165) is 42.1 Å². The molecular weight excluding hydrogens is 334 g/mol. The van der Waals surface area contributed by atoms with Crippen molar-refractivity contribution in [1.29, 1.82) is 0 Å². The molecule has 4 nitrogen and oxygen atoms in total. The molecule has 1 unspecified atom stereocenters. The molecule has 3 rings (SSSR count). The van der Waals surface area contributed by atoms with Crippen molar-refractivity contribution < 1.29 is 13.4 Å². The van der Waals surface area contributed by atoms with Crippen LogP contribution in [-0.4, -0.2) is 16.2 Å². The molecule has 1 fully saturated rings. The van der Waals surface area contributed by atoms with Gasteiger partial charge in [-0.25, -0.2) is 0 Å². The molecular formula is C20H25NO3S. The van der Waals surface area contributed by atoms with E-state index in [1.165, 1.54) is 0 Å². The third-order valence-electron chi connectivity index (χ3n) is 4.79. The Hall–Kier alpha value is -1.88. The molecule has 5 heteroatoms. The normalized spacial score (nSPS) is 21.7. The number of hydrogen-bond acceptors (Lipinski definition) is 3. The third-order valence-corrected chi connectivity index (χ3v) is 6.14. The molecule has 1 atom stereocenters. The lowest BCUT2D eigenvalue weighted by atomic mass is 9.87. The second kappa shape index (κ2) is 8.00. The predicted molar refractivity (Wildman–Crippen MR) is 98.9 cm³/mol. The Morgan fingerprint density at radius 3 is 2.48 bits per heavy atom. The summed E-state index contributed by atoms with van der Waals surface area (Å²) >= 11 is 0. The van der Waals surface area contributed by atoms with Crippen LogP contribution >= 0.6 is 0 Å². The average Bonchev–Trinajstić information content (AvgIpc) is 3.06. The molecule has 1 aliphatic rings. The van der Waals surface area contributed by atoms with Crippen molar-refractivity contribution in [2.75, 3.05) is 0 Å². The van der Waals surface area contributed by atoms with E-state index in [-0.39, 0.29) is 17.7 Å². The van der Waals surface area contributed by atoms with Crippen LogP contribution in [0.5, 0.6) is 0 Å². The number of hydrogen-bond donors (Lipinski definition) is 1. The first-order valence-corrected chi connectivity index (χ1v) is 10.2. The van der Waals surface area contributed by atoms with Gasteiger partial charge in [0.05, 0.1) is 16.6 Å². The standard InChI is InChI=1S/C20H25NO3S/c1-14-3-7-16(8-4-14)21-20(22)19-12-9-17(24-19)13-25(23)18-10-5-15(2)6-11-18/h5-6,9-12,14,16H,3-4,7-8,13H2,1-2H3,(H,21,22). The van der Waals surface area contributed by atoms with E-state index in [2.05, 4.69) is 12.2 Å². The lowest BCUT2D eigenvalue weighted by Gasteiger charge is -2.26. The summed E-state index contributed by atoms with van der Waals surface area (Å²) in [6.45, 7) is 4.25. The Labute approximate surface area is 151 Å². The van der Waals surface area contributed by atoms with Gasteiger partial charge in [-0.3, -0.25) is 9.00 Å². The molecule has 0 aliphatic heterocycles. The molecule has 1 aliphatic carbocycles. The van der Waals surface area contributed by atoms with E-state index in [4.69, 9.17) is 4.42 Å². The quantitative estimate of drug-likeness (QED) is 0.870. The van der Waals surface area contributed by atoms with Crippen LogP contribution in [0.15, 0.2) is 45.7 Å². The second-order valence-corrected chi connectivity index (χ2v) is 8.45. The molecule has 134 valence electrons. The first kappa shape index (κ1) is 17.9. The maximum Gasteiger partial charge on any atom is 0.287 e. The predicted octanol–water partition coefficient (Wildman–Crippen LogP) is 4.20. The van der Waals surface area contributed by atoms with Crippen molar-refractivity contribution in [3.8, 4) is 0 Å². The van der Waals surface area contributed by atoms with Gasteiger partial charge in [-0.05, 0) is 62.8 Å². The number of rotatable bonds is 5. The van der Waals surface area contributed by atoms with Crippen LogP contribution in [0.3, 0.4) is 0 Å². The summed E-state index contributed by atoms with van der Waals surface area (Å²) in [5.74, 6) is 1.72. The molecule has 0 radical (unpaired) electrons. The lowest BCUT2D eigenvalue weighted by Crippen LogP contribution is -2.37. The molecule has 2 aromatic rings. The molecule has 0 spiro atoms. The maximum absolute atomic E-state index is 12.4. The van der Waals surface area contributed by atoms with Gasteiger partial charge in [0.15, 0.2) is 5.76 Å². The van der Waals surface area contributed by atoms with Gasteiger partial charge in [-0.2, -0.15) is 0 Å². The van der Waals surface area contributed by atoms with Crippen molar-refractivity contribution in [3.63, 3.8) is 0 Å². The van der Waals surface area contributed by atoms with Gasteiger partial charge in [-0.15, -0.1) is 0 Å². The minimum absolute atomic E-state index is 0.174. The van der Waals surface area contributed by atoms with Gasteiger partial charge in [0, 0.05) is 10.9 Å². The zero-order valence-electron chi connectivity index (χ0n) is 14.8. The number of aryl methyl sites for hydroxylation is 1. The van der Waals surface area contributed by atoms with E-state index in [0.29, 0.717) is 11.5 Å². The molecule has 0 bridgehead atoms. The Morgan fingerprint density at radius 1 is 1.12 bits per heavy atom. The number of furan rings is 1. The number of carbonyl (C=O) groups excluding carboxylic acids is 1. The van der Waals surface area contributed by atoms with Gasteiger partial charge < -0.3 is 9.73 Å². The molecule has 1 heterocycles. The highest BCUT2D eigenvalue weighted by molar-refractivity contribution is 7.84. The third kappa shape index (κ3) is 4.82. The summed E-state index contributed by atoms with van der Waals surface area (Å²) in [7, 11) is -1.18. The molecule has 1 aromatic heterocycles. The molecule has 1 saturated carbocycles. The first-order valence-electron chi connectivity index (χ1n) is 8.86. The van der Waals surface area contributed by atoms with Gasteiger partial charge in [0.25, 0.3) is 5.91 Å². The summed E-state index contributed by atoms with van der Waals surface area (Å²) in [5.41, 5.74) is 1.13. The summed E-state index contributed by atoms with van der Waals surface area (Å²) < 4.78 is 18.0. The van der Waals surface area contributed by atoms with E-state index in [1.54, 1.807) is 12.1 Å². The number of benzene rings is 1. The Kier molecular flexibility index (Phi) is 5.74. The summed E-state index contributed by atoms with van der Waals surface area (Å²) in [5, 5.41) is 3.05. The highest BCUT2D eigenvalue weighted by atomic mass is 32.2. The smallest absolute Gasteiger partial charge is 0.287 e. The van der Waals surface area contributed by atoms with Gasteiger partial charge in [-0.1, -0.05) is 24.6 Å². The number of carbonyl (C=O) groups is 1. The van der Waals surface area contributed by atoms with Gasteiger partial charge in [0.1, 0.15) is 5.76 Å². The molecule has 1 N–H and O–H groups in total. The fraction of sp³-hybridized carbons (Fsp3) is 0.450. The van der Waals surface area contributed by atoms with Crippen LogP contribution in [0.25, 0.3) is 0 Å². The van der Waals surface area contributed by atoms with E-state index < -0.39 is 10.8 Å². The monoisotopic (exact) mass is 359 g/mol. The number of nitrogens with one attached hydrogen (secondary N) is 1. The summed E-state index contributed by atoms with van der Waals surface area (Å²) in [6, 6.07) is 11.3. The summed E-state index contributed by atoms with van der Waals surface area (Å²) in [6.07, 6.45) is 4.36. The molecule has 1 aromatic carbocycles. The van der Waals surface area contributed by atoms with Gasteiger partial charge >= 0.3 is 0 Å². The first-order chi connectivity index (χ1) is 12.0. The Balaban J connectivity index is 1.57. The van der Waals surface area contributed by atoms with Crippen molar-refractivity contribution in [2.45, 2.75) is 56.2 Å². The summed E-state index contributed by atoms with van der Waals surface area (Å²) in [4.78, 5) is 13.1. The second-order valence-electron chi connectivity index (χ2n) is 7.00. The van der Waals surface area contributed by atoms with E-state index in [1.807, 2.05) is 31.2 Å². The fourth-order valence-corrected chi connectivity index (χ4v) is 4.16. The highest BCUT2D eigenvalue weighted by Gasteiger charge is 2.22. The van der Waals surface area contributed by atoms with Crippen molar-refractivity contribution in [2.24, 2.45) is 5.92 Å². The maximum atomic E-state index is 12.4. The zero-order chi connectivity index (χ0) is 17.8. The Morgan fingerprint density at radius 2 is 1.80 bits per heavy atom. The molecule has 25 heavy (non-hydrogen) atoms.